The van der Waals surface area contributed by atoms with Gasteiger partial charge in [0.05, 0.1) is 17.1 Å². The highest BCUT2D eigenvalue weighted by atomic mass is 79.9. The van der Waals surface area contributed by atoms with Gasteiger partial charge in [-0.15, -0.1) is 11.8 Å². The molecule has 1 amide bonds. The fraction of sp³-hybridized carbons (Fsp3) is 0.105. The molecule has 0 fully saturated rings. The third-order valence-corrected chi connectivity index (χ3v) is 6.00. The van der Waals surface area contributed by atoms with E-state index < -0.39 is 0 Å². The van der Waals surface area contributed by atoms with Crippen LogP contribution in [0.1, 0.15) is 5.69 Å². The topological polar surface area (TPSA) is 74.8 Å². The van der Waals surface area contributed by atoms with E-state index in [9.17, 15) is 9.59 Å². The third-order valence-electron chi connectivity index (χ3n) is 3.39. The number of H-pyrrole nitrogens is 1. The van der Waals surface area contributed by atoms with E-state index in [4.69, 9.17) is 0 Å². The Morgan fingerprint density at radius 3 is 2.59 bits per heavy atom. The number of amides is 1. The second-order valence-corrected chi connectivity index (χ2v) is 8.33. The number of rotatable bonds is 7. The molecule has 0 aliphatic rings. The Kier molecular flexibility index (Phi) is 7.14. The van der Waals surface area contributed by atoms with Gasteiger partial charge in [-0.25, -0.2) is 4.98 Å². The highest BCUT2D eigenvalue weighted by Gasteiger charge is 2.09. The molecule has 0 atom stereocenters. The molecule has 0 saturated carbocycles. The molecule has 0 bridgehead atoms. The molecule has 3 rings (SSSR count). The van der Waals surface area contributed by atoms with E-state index in [1.165, 1.54) is 17.8 Å². The number of para-hydroxylation sites is 1. The Bertz CT molecular complexity index is 980. The highest BCUT2D eigenvalue weighted by Crippen LogP contribution is 2.23. The molecule has 27 heavy (non-hydrogen) atoms. The summed E-state index contributed by atoms with van der Waals surface area (Å²) in [4.78, 5) is 32.2. The minimum absolute atomic E-state index is 0.152. The van der Waals surface area contributed by atoms with Crippen molar-refractivity contribution in [3.8, 4) is 0 Å². The van der Waals surface area contributed by atoms with Gasteiger partial charge in [-0.3, -0.25) is 9.59 Å². The molecular formula is C19H16BrN3O2S2. The molecule has 0 radical (unpaired) electrons. The number of hydrogen-bond donors (Lipinski definition) is 2. The van der Waals surface area contributed by atoms with Crippen LogP contribution in [0.5, 0.6) is 0 Å². The van der Waals surface area contributed by atoms with Gasteiger partial charge >= 0.3 is 0 Å². The maximum Gasteiger partial charge on any atom is 0.251 e. The Labute approximate surface area is 173 Å². The normalized spacial score (nSPS) is 10.6. The highest BCUT2D eigenvalue weighted by molar-refractivity contribution is 9.10. The van der Waals surface area contributed by atoms with Gasteiger partial charge in [0.25, 0.3) is 5.56 Å². The summed E-state index contributed by atoms with van der Waals surface area (Å²) in [6.07, 6.45) is 0. The first-order chi connectivity index (χ1) is 13.1. The van der Waals surface area contributed by atoms with Crippen molar-refractivity contribution in [1.82, 2.24) is 9.97 Å². The molecule has 8 heteroatoms. The molecule has 0 unspecified atom stereocenters. The summed E-state index contributed by atoms with van der Waals surface area (Å²) in [7, 11) is 0. The molecule has 3 aromatic rings. The van der Waals surface area contributed by atoms with Gasteiger partial charge in [0.1, 0.15) is 0 Å². The van der Waals surface area contributed by atoms with Crippen LogP contribution in [0.25, 0.3) is 0 Å². The second-order valence-electron chi connectivity index (χ2n) is 5.46. The number of halogens is 1. The average molecular weight is 462 g/mol. The Morgan fingerprint density at radius 1 is 1.07 bits per heavy atom. The second kappa shape index (κ2) is 9.77. The minimum Gasteiger partial charge on any atom is -0.324 e. The Morgan fingerprint density at radius 2 is 1.81 bits per heavy atom. The van der Waals surface area contributed by atoms with E-state index in [1.807, 2.05) is 54.6 Å². The Hall–Kier alpha value is -2.03. The molecular weight excluding hydrogens is 446 g/mol. The average Bonchev–Trinajstić information content (AvgIpc) is 2.67. The lowest BCUT2D eigenvalue weighted by atomic mass is 10.3. The number of nitrogens with one attached hydrogen (secondary N) is 2. The van der Waals surface area contributed by atoms with Crippen molar-refractivity contribution in [3.05, 3.63) is 81.2 Å². The molecule has 1 aromatic heterocycles. The van der Waals surface area contributed by atoms with E-state index in [0.29, 0.717) is 22.3 Å². The van der Waals surface area contributed by atoms with Crippen LogP contribution < -0.4 is 10.9 Å². The van der Waals surface area contributed by atoms with E-state index in [0.717, 1.165) is 9.37 Å². The standard InChI is InChI=1S/C19H16BrN3O2S2/c20-15-8-4-5-9-16(15)22-18(25)12-27-19-21-13(10-17(24)23-19)11-26-14-6-2-1-3-7-14/h1-10H,11-12H2,(H,22,25)(H,21,23,24). The number of carbonyl (C=O) groups is 1. The lowest BCUT2D eigenvalue weighted by molar-refractivity contribution is -0.113. The lowest BCUT2D eigenvalue weighted by Crippen LogP contribution is -2.16. The van der Waals surface area contributed by atoms with Crippen LogP contribution in [0.15, 0.2) is 80.0 Å². The monoisotopic (exact) mass is 461 g/mol. The summed E-state index contributed by atoms with van der Waals surface area (Å²) in [6.45, 7) is 0. The molecule has 2 aromatic carbocycles. The molecule has 0 spiro atoms. The van der Waals surface area contributed by atoms with Crippen LogP contribution in [-0.4, -0.2) is 21.6 Å². The quantitative estimate of drug-likeness (QED) is 0.398. The number of thioether (sulfide) groups is 2. The predicted molar refractivity (Wildman–Crippen MR) is 114 cm³/mol. The summed E-state index contributed by atoms with van der Waals surface area (Å²) in [5.74, 6) is 0.572. The van der Waals surface area contributed by atoms with Gasteiger partial charge in [0, 0.05) is 21.2 Å². The zero-order chi connectivity index (χ0) is 19.1. The Balaban J connectivity index is 1.58. The van der Waals surface area contributed by atoms with Crippen molar-refractivity contribution in [1.29, 1.82) is 0 Å². The van der Waals surface area contributed by atoms with Crippen LogP contribution in [-0.2, 0) is 10.5 Å². The van der Waals surface area contributed by atoms with Gasteiger partial charge in [-0.1, -0.05) is 42.1 Å². The number of anilines is 1. The van der Waals surface area contributed by atoms with Crippen molar-refractivity contribution >= 4 is 51.0 Å². The van der Waals surface area contributed by atoms with E-state index in [2.05, 4.69) is 31.2 Å². The largest absolute Gasteiger partial charge is 0.324 e. The zero-order valence-corrected chi connectivity index (χ0v) is 17.4. The van der Waals surface area contributed by atoms with Gasteiger partial charge in [-0.05, 0) is 40.2 Å². The van der Waals surface area contributed by atoms with E-state index >= 15 is 0 Å². The number of carbonyl (C=O) groups excluding carboxylic acids is 1. The zero-order valence-electron chi connectivity index (χ0n) is 14.1. The summed E-state index contributed by atoms with van der Waals surface area (Å²) < 4.78 is 0.815. The van der Waals surface area contributed by atoms with Crippen LogP contribution in [0, 0.1) is 0 Å². The molecule has 0 aliphatic heterocycles. The first kappa shape index (κ1) is 19.7. The van der Waals surface area contributed by atoms with Crippen LogP contribution in [0.4, 0.5) is 5.69 Å². The number of aromatic amines is 1. The van der Waals surface area contributed by atoms with Gasteiger partial charge in [0.2, 0.25) is 5.91 Å². The number of nitrogens with zero attached hydrogens (tertiary/aromatic N) is 1. The van der Waals surface area contributed by atoms with E-state index in [1.54, 1.807) is 11.8 Å². The van der Waals surface area contributed by atoms with Crippen LogP contribution in [0.2, 0.25) is 0 Å². The predicted octanol–water partition coefficient (Wildman–Crippen LogP) is 4.56. The minimum atomic E-state index is -0.220. The summed E-state index contributed by atoms with van der Waals surface area (Å²) >= 11 is 6.20. The van der Waals surface area contributed by atoms with Crippen molar-refractivity contribution in [2.45, 2.75) is 15.8 Å². The summed E-state index contributed by atoms with van der Waals surface area (Å²) in [5, 5.41) is 3.26. The number of aromatic nitrogens is 2. The fourth-order valence-corrected chi connectivity index (χ4v) is 4.07. The van der Waals surface area contributed by atoms with E-state index in [-0.39, 0.29) is 17.2 Å². The SMILES string of the molecule is O=C(CSc1nc(CSc2ccccc2)cc(=O)[nH]1)Nc1ccccc1Br. The molecule has 1 heterocycles. The molecule has 5 nitrogen and oxygen atoms in total. The number of hydrogen-bond acceptors (Lipinski definition) is 5. The maximum atomic E-state index is 12.1. The van der Waals surface area contributed by atoms with Gasteiger partial charge < -0.3 is 10.3 Å². The fourth-order valence-electron chi connectivity index (χ4n) is 2.18. The lowest BCUT2D eigenvalue weighted by Gasteiger charge is -2.07. The molecule has 0 saturated heterocycles. The van der Waals surface area contributed by atoms with Crippen molar-refractivity contribution in [3.63, 3.8) is 0 Å². The maximum absolute atomic E-state index is 12.1. The molecule has 0 aliphatic carbocycles. The number of benzene rings is 2. The van der Waals surface area contributed by atoms with Gasteiger partial charge in [0.15, 0.2) is 5.16 Å². The molecule has 2 N–H and O–H groups in total. The third kappa shape index (κ3) is 6.27. The van der Waals surface area contributed by atoms with Crippen molar-refractivity contribution < 1.29 is 4.79 Å². The van der Waals surface area contributed by atoms with Crippen molar-refractivity contribution in [2.24, 2.45) is 0 Å². The first-order valence-corrected chi connectivity index (χ1v) is 10.8. The first-order valence-electron chi connectivity index (χ1n) is 8.05. The van der Waals surface area contributed by atoms with Crippen molar-refractivity contribution in [2.75, 3.05) is 11.1 Å². The van der Waals surface area contributed by atoms with Gasteiger partial charge in [-0.2, -0.15) is 0 Å². The molecule has 138 valence electrons. The van der Waals surface area contributed by atoms with Crippen LogP contribution in [0.3, 0.4) is 0 Å². The van der Waals surface area contributed by atoms with Crippen LogP contribution >= 0.6 is 39.5 Å². The smallest absolute Gasteiger partial charge is 0.251 e. The summed E-state index contributed by atoms with van der Waals surface area (Å²) in [6, 6.07) is 18.8. The summed E-state index contributed by atoms with van der Waals surface area (Å²) in [5.41, 5.74) is 1.17.